The highest BCUT2D eigenvalue weighted by Crippen LogP contribution is 2.34. The number of para-hydroxylation sites is 1. The van der Waals surface area contributed by atoms with E-state index in [4.69, 9.17) is 14.2 Å². The fourth-order valence-corrected chi connectivity index (χ4v) is 2.27. The first-order valence-electron chi connectivity index (χ1n) is 6.84. The van der Waals surface area contributed by atoms with Crippen molar-refractivity contribution >= 4 is 11.6 Å². The summed E-state index contributed by atoms with van der Waals surface area (Å²) in [4.78, 5) is 22.0. The van der Waals surface area contributed by atoms with Gasteiger partial charge in [-0.3, -0.25) is 9.69 Å². The maximum atomic E-state index is 14.1. The van der Waals surface area contributed by atoms with Gasteiger partial charge in [0, 0.05) is 0 Å². The van der Waals surface area contributed by atoms with E-state index in [-0.39, 0.29) is 36.4 Å². The van der Waals surface area contributed by atoms with Crippen LogP contribution in [0.4, 0.5) is 10.1 Å². The molecule has 0 atom stereocenters. The molecule has 2 heterocycles. The Morgan fingerprint density at radius 3 is 2.61 bits per heavy atom. The smallest absolute Gasteiger partial charge is 0.296 e. The second kappa shape index (κ2) is 6.07. The predicted molar refractivity (Wildman–Crippen MR) is 78.7 cm³/mol. The van der Waals surface area contributed by atoms with Crippen LogP contribution in [-0.2, 0) is 0 Å². The number of nitrogens with zero attached hydrogens (tertiary/aromatic N) is 3. The Labute approximate surface area is 131 Å². The van der Waals surface area contributed by atoms with Gasteiger partial charge in [0.25, 0.3) is 5.91 Å². The molecule has 8 heteroatoms. The molecule has 3 rings (SSSR count). The predicted octanol–water partition coefficient (Wildman–Crippen LogP) is 1.67. The second-order valence-corrected chi connectivity index (χ2v) is 4.67. The zero-order valence-electron chi connectivity index (χ0n) is 12.6. The first kappa shape index (κ1) is 15.0. The molecular formula is C15H14FN3O4. The number of ether oxygens (including phenoxy) is 3. The Balaban J connectivity index is 2.03. The highest BCUT2D eigenvalue weighted by atomic mass is 19.1. The van der Waals surface area contributed by atoms with Gasteiger partial charge in [0.2, 0.25) is 17.6 Å². The van der Waals surface area contributed by atoms with E-state index in [1.807, 2.05) is 0 Å². The molecule has 0 radical (unpaired) electrons. The standard InChI is InChI=1S/C15H14FN3O4/c1-21-11-8-12(22-2)18-14(17-11)15(20)19-6-7-23-10-5-3-4-9(16)13(10)19/h3-5,8H,6-7H2,1-2H3. The molecule has 0 unspecified atom stereocenters. The van der Waals surface area contributed by atoms with Gasteiger partial charge in [-0.1, -0.05) is 6.07 Å². The van der Waals surface area contributed by atoms with E-state index >= 15 is 0 Å². The third kappa shape index (κ3) is 2.75. The number of fused-ring (bicyclic) bond motifs is 1. The van der Waals surface area contributed by atoms with E-state index in [9.17, 15) is 9.18 Å². The van der Waals surface area contributed by atoms with Gasteiger partial charge in [0.05, 0.1) is 26.8 Å². The van der Waals surface area contributed by atoms with Gasteiger partial charge in [-0.2, -0.15) is 9.97 Å². The van der Waals surface area contributed by atoms with Crippen LogP contribution in [0.15, 0.2) is 24.3 Å². The summed E-state index contributed by atoms with van der Waals surface area (Å²) in [5.41, 5.74) is 0.0779. The van der Waals surface area contributed by atoms with Crippen LogP contribution in [0.2, 0.25) is 0 Å². The van der Waals surface area contributed by atoms with E-state index in [0.29, 0.717) is 5.75 Å². The number of hydrogen-bond donors (Lipinski definition) is 0. The zero-order chi connectivity index (χ0) is 16.4. The van der Waals surface area contributed by atoms with Gasteiger partial charge in [0.15, 0.2) is 5.82 Å². The van der Waals surface area contributed by atoms with Gasteiger partial charge in [-0.05, 0) is 12.1 Å². The average Bonchev–Trinajstić information content (AvgIpc) is 2.60. The Hall–Kier alpha value is -2.90. The molecule has 0 N–H and O–H groups in total. The molecule has 7 nitrogen and oxygen atoms in total. The molecular weight excluding hydrogens is 305 g/mol. The van der Waals surface area contributed by atoms with E-state index in [0.717, 1.165) is 0 Å². The van der Waals surface area contributed by atoms with Crippen molar-refractivity contribution in [2.45, 2.75) is 0 Å². The number of amides is 1. The summed E-state index contributed by atoms with van der Waals surface area (Å²) in [7, 11) is 2.83. The number of hydrogen-bond acceptors (Lipinski definition) is 6. The molecule has 0 spiro atoms. The maximum absolute atomic E-state index is 14.1. The van der Waals surface area contributed by atoms with Crippen LogP contribution in [0.3, 0.4) is 0 Å². The summed E-state index contributed by atoms with van der Waals surface area (Å²) < 4.78 is 29.6. The number of halogens is 1. The zero-order valence-corrected chi connectivity index (χ0v) is 12.6. The van der Waals surface area contributed by atoms with Crippen LogP contribution in [0.25, 0.3) is 0 Å². The fourth-order valence-electron chi connectivity index (χ4n) is 2.27. The van der Waals surface area contributed by atoms with Crippen molar-refractivity contribution < 1.29 is 23.4 Å². The lowest BCUT2D eigenvalue weighted by Gasteiger charge is -2.29. The third-order valence-electron chi connectivity index (χ3n) is 3.33. The number of carbonyl (C=O) groups is 1. The highest BCUT2D eigenvalue weighted by molar-refractivity contribution is 6.05. The molecule has 120 valence electrons. The summed E-state index contributed by atoms with van der Waals surface area (Å²) in [5.74, 6) is -0.580. The minimum absolute atomic E-state index is 0.0779. The summed E-state index contributed by atoms with van der Waals surface area (Å²) in [6, 6.07) is 5.84. The van der Waals surface area contributed by atoms with E-state index in [1.54, 1.807) is 6.07 Å². The van der Waals surface area contributed by atoms with Crippen LogP contribution in [-0.4, -0.2) is 43.2 Å². The minimum Gasteiger partial charge on any atom is -0.489 e. The quantitative estimate of drug-likeness (QED) is 0.857. The third-order valence-corrected chi connectivity index (χ3v) is 3.33. The molecule has 23 heavy (non-hydrogen) atoms. The summed E-state index contributed by atoms with van der Waals surface area (Å²) in [5, 5.41) is 0. The lowest BCUT2D eigenvalue weighted by molar-refractivity contribution is 0.0963. The van der Waals surface area contributed by atoms with Crippen molar-refractivity contribution in [3.8, 4) is 17.5 Å². The average molecular weight is 319 g/mol. The van der Waals surface area contributed by atoms with Crippen molar-refractivity contribution in [2.75, 3.05) is 32.3 Å². The van der Waals surface area contributed by atoms with Crippen molar-refractivity contribution in [1.82, 2.24) is 9.97 Å². The van der Waals surface area contributed by atoms with Crippen molar-refractivity contribution in [2.24, 2.45) is 0 Å². The molecule has 1 aromatic heterocycles. The van der Waals surface area contributed by atoms with Crippen LogP contribution in [0.5, 0.6) is 17.5 Å². The molecule has 1 amide bonds. The molecule has 0 bridgehead atoms. The maximum Gasteiger partial charge on any atom is 0.296 e. The van der Waals surface area contributed by atoms with E-state index in [1.165, 1.54) is 37.3 Å². The fraction of sp³-hybridized carbons (Fsp3) is 0.267. The molecule has 0 aliphatic carbocycles. The van der Waals surface area contributed by atoms with Crippen LogP contribution >= 0.6 is 0 Å². The number of benzene rings is 1. The van der Waals surface area contributed by atoms with Gasteiger partial charge in [0.1, 0.15) is 18.0 Å². The Morgan fingerprint density at radius 1 is 1.26 bits per heavy atom. The highest BCUT2D eigenvalue weighted by Gasteiger charge is 2.29. The van der Waals surface area contributed by atoms with Gasteiger partial charge < -0.3 is 14.2 Å². The van der Waals surface area contributed by atoms with Crippen LogP contribution < -0.4 is 19.1 Å². The first-order valence-corrected chi connectivity index (χ1v) is 6.84. The number of anilines is 1. The number of rotatable bonds is 3. The van der Waals surface area contributed by atoms with Gasteiger partial charge >= 0.3 is 0 Å². The topological polar surface area (TPSA) is 73.8 Å². The molecule has 0 saturated heterocycles. The number of carbonyl (C=O) groups excluding carboxylic acids is 1. The molecule has 0 fully saturated rings. The second-order valence-electron chi connectivity index (χ2n) is 4.67. The number of methoxy groups -OCH3 is 2. The molecule has 0 saturated carbocycles. The van der Waals surface area contributed by atoms with Gasteiger partial charge in [-0.15, -0.1) is 0 Å². The number of aromatic nitrogens is 2. The SMILES string of the molecule is COc1cc(OC)nc(C(=O)N2CCOc3cccc(F)c32)n1. The summed E-state index contributed by atoms with van der Waals surface area (Å²) in [6.45, 7) is 0.443. The largest absolute Gasteiger partial charge is 0.489 e. The van der Waals surface area contributed by atoms with Crippen molar-refractivity contribution in [3.63, 3.8) is 0 Å². The molecule has 1 aliphatic rings. The lowest BCUT2D eigenvalue weighted by atomic mass is 10.2. The van der Waals surface area contributed by atoms with Crippen LogP contribution in [0.1, 0.15) is 10.6 Å². The van der Waals surface area contributed by atoms with E-state index < -0.39 is 11.7 Å². The Kier molecular flexibility index (Phi) is 3.96. The van der Waals surface area contributed by atoms with Crippen molar-refractivity contribution in [3.05, 3.63) is 35.9 Å². The summed E-state index contributed by atoms with van der Waals surface area (Å²) in [6.07, 6.45) is 0. The monoisotopic (exact) mass is 319 g/mol. The Morgan fingerprint density at radius 2 is 1.96 bits per heavy atom. The van der Waals surface area contributed by atoms with Gasteiger partial charge in [-0.25, -0.2) is 4.39 Å². The Bertz CT molecular complexity index is 731. The lowest BCUT2D eigenvalue weighted by Crippen LogP contribution is -2.39. The summed E-state index contributed by atoms with van der Waals surface area (Å²) >= 11 is 0. The molecule has 2 aromatic rings. The van der Waals surface area contributed by atoms with E-state index in [2.05, 4.69) is 9.97 Å². The first-order chi connectivity index (χ1) is 11.1. The normalized spacial score (nSPS) is 13.1. The van der Waals surface area contributed by atoms with Crippen LogP contribution in [0, 0.1) is 5.82 Å². The minimum atomic E-state index is -0.558. The van der Waals surface area contributed by atoms with Crippen molar-refractivity contribution in [1.29, 1.82) is 0 Å². The molecule has 1 aliphatic heterocycles. The molecule has 1 aromatic carbocycles.